The number of pyridine rings is 2. The number of carbonyl (C=O) groups excluding carboxylic acids is 2. The standard InChI is InChI=1S/C17H17N5O3/c23-16(11-3-6-18-7-4-11)21-13-1-2-14(20-10-13)15-9-12(5-8-19-15)17(24)22-25/h1-2,5,8-11,18H,3-4,6-7H2,(H,21,23). The van der Waals surface area contributed by atoms with E-state index in [4.69, 9.17) is 0 Å². The number of carbonyl (C=O) groups is 2. The van der Waals surface area contributed by atoms with Crippen LogP contribution in [0.15, 0.2) is 41.8 Å². The number of nitrogens with one attached hydrogen (secondary N) is 2. The summed E-state index contributed by atoms with van der Waals surface area (Å²) in [7, 11) is 0. The number of piperidine rings is 1. The van der Waals surface area contributed by atoms with Crippen LogP contribution in [-0.2, 0) is 4.79 Å². The van der Waals surface area contributed by atoms with E-state index >= 15 is 0 Å². The molecule has 0 saturated carbocycles. The van der Waals surface area contributed by atoms with Crippen molar-refractivity contribution < 1.29 is 9.59 Å². The van der Waals surface area contributed by atoms with E-state index in [0.717, 1.165) is 25.9 Å². The van der Waals surface area contributed by atoms with Crippen LogP contribution in [0, 0.1) is 10.8 Å². The second-order valence-corrected chi connectivity index (χ2v) is 5.77. The third-order valence-corrected chi connectivity index (χ3v) is 4.09. The largest absolute Gasteiger partial charge is 0.324 e. The van der Waals surface area contributed by atoms with Crippen molar-refractivity contribution in [1.82, 2.24) is 15.3 Å². The van der Waals surface area contributed by atoms with E-state index in [-0.39, 0.29) is 17.4 Å². The van der Waals surface area contributed by atoms with E-state index in [2.05, 4.69) is 25.8 Å². The van der Waals surface area contributed by atoms with Crippen molar-refractivity contribution in [2.24, 2.45) is 11.1 Å². The number of aromatic nitrogens is 2. The summed E-state index contributed by atoms with van der Waals surface area (Å²) in [5.41, 5.74) is 1.74. The van der Waals surface area contributed by atoms with Crippen LogP contribution in [0.4, 0.5) is 5.69 Å². The minimum atomic E-state index is -0.852. The van der Waals surface area contributed by atoms with Gasteiger partial charge in [0, 0.05) is 22.9 Å². The molecule has 1 aliphatic rings. The van der Waals surface area contributed by atoms with Gasteiger partial charge in [-0.1, -0.05) is 0 Å². The molecule has 0 aliphatic carbocycles. The van der Waals surface area contributed by atoms with Gasteiger partial charge in [0.05, 0.1) is 23.3 Å². The molecule has 2 amide bonds. The van der Waals surface area contributed by atoms with Crippen molar-refractivity contribution in [2.75, 3.05) is 18.4 Å². The lowest BCUT2D eigenvalue weighted by atomic mass is 9.97. The molecule has 8 nitrogen and oxygen atoms in total. The molecule has 0 bridgehead atoms. The molecule has 0 atom stereocenters. The van der Waals surface area contributed by atoms with Gasteiger partial charge in [0.15, 0.2) is 0 Å². The van der Waals surface area contributed by atoms with Crippen molar-refractivity contribution in [3.63, 3.8) is 0 Å². The van der Waals surface area contributed by atoms with E-state index in [1.54, 1.807) is 18.3 Å². The Kier molecular flexibility index (Phi) is 5.20. The van der Waals surface area contributed by atoms with Crippen molar-refractivity contribution in [2.45, 2.75) is 12.8 Å². The molecular weight excluding hydrogens is 322 g/mol. The maximum Gasteiger partial charge on any atom is 0.316 e. The third kappa shape index (κ3) is 4.10. The predicted octanol–water partition coefficient (Wildman–Crippen LogP) is 1.99. The first-order chi connectivity index (χ1) is 12.2. The average molecular weight is 339 g/mol. The highest BCUT2D eigenvalue weighted by Gasteiger charge is 2.20. The molecule has 0 aromatic carbocycles. The Morgan fingerprint density at radius 3 is 2.60 bits per heavy atom. The van der Waals surface area contributed by atoms with Gasteiger partial charge in [0.2, 0.25) is 5.91 Å². The van der Waals surface area contributed by atoms with Crippen molar-refractivity contribution in [3.05, 3.63) is 47.1 Å². The van der Waals surface area contributed by atoms with E-state index in [9.17, 15) is 14.5 Å². The van der Waals surface area contributed by atoms with Crippen molar-refractivity contribution in [1.29, 1.82) is 0 Å². The third-order valence-electron chi connectivity index (χ3n) is 4.09. The normalized spacial score (nSPS) is 14.7. The van der Waals surface area contributed by atoms with Gasteiger partial charge < -0.3 is 10.6 Å². The molecule has 0 unspecified atom stereocenters. The predicted molar refractivity (Wildman–Crippen MR) is 91.8 cm³/mol. The molecular formula is C17H17N5O3. The quantitative estimate of drug-likeness (QED) is 0.824. The van der Waals surface area contributed by atoms with E-state index in [0.29, 0.717) is 17.1 Å². The van der Waals surface area contributed by atoms with Gasteiger partial charge in [-0.05, 0) is 50.2 Å². The smallest absolute Gasteiger partial charge is 0.316 e. The van der Waals surface area contributed by atoms with Gasteiger partial charge in [0.25, 0.3) is 0 Å². The molecule has 1 saturated heterocycles. The first-order valence-electron chi connectivity index (χ1n) is 7.99. The van der Waals surface area contributed by atoms with Gasteiger partial charge in [-0.15, -0.1) is 4.91 Å². The van der Waals surface area contributed by atoms with E-state index in [1.165, 1.54) is 18.3 Å². The van der Waals surface area contributed by atoms with Crippen LogP contribution in [-0.4, -0.2) is 34.9 Å². The zero-order valence-electron chi connectivity index (χ0n) is 13.4. The summed E-state index contributed by atoms with van der Waals surface area (Å²) in [5.74, 6) is -0.838. The van der Waals surface area contributed by atoms with Crippen LogP contribution in [0.25, 0.3) is 11.4 Å². The number of hydrogen-bond donors (Lipinski definition) is 2. The Balaban J connectivity index is 1.70. The summed E-state index contributed by atoms with van der Waals surface area (Å²) >= 11 is 0. The molecule has 8 heteroatoms. The SMILES string of the molecule is O=NC(=O)c1ccnc(-c2ccc(NC(=O)C3CCNCC3)cn2)c1. The second-order valence-electron chi connectivity index (χ2n) is 5.77. The fourth-order valence-corrected chi connectivity index (χ4v) is 2.70. The Hall–Kier alpha value is -3.00. The highest BCUT2D eigenvalue weighted by Crippen LogP contribution is 2.19. The van der Waals surface area contributed by atoms with Gasteiger partial charge in [-0.2, -0.15) is 0 Å². The van der Waals surface area contributed by atoms with Gasteiger partial charge in [-0.25, -0.2) is 0 Å². The maximum absolute atomic E-state index is 12.2. The van der Waals surface area contributed by atoms with Crippen LogP contribution >= 0.6 is 0 Å². The molecule has 0 radical (unpaired) electrons. The average Bonchev–Trinajstić information content (AvgIpc) is 2.68. The maximum atomic E-state index is 12.2. The molecule has 0 spiro atoms. The fraction of sp³-hybridized carbons (Fsp3) is 0.294. The number of anilines is 1. The fourth-order valence-electron chi connectivity index (χ4n) is 2.70. The van der Waals surface area contributed by atoms with E-state index in [1.807, 2.05) is 0 Å². The summed E-state index contributed by atoms with van der Waals surface area (Å²) in [4.78, 5) is 42.3. The van der Waals surface area contributed by atoms with E-state index < -0.39 is 5.91 Å². The Morgan fingerprint density at radius 1 is 1.12 bits per heavy atom. The first-order valence-corrected chi connectivity index (χ1v) is 7.99. The summed E-state index contributed by atoms with van der Waals surface area (Å²) in [6.45, 7) is 1.71. The summed E-state index contributed by atoms with van der Waals surface area (Å²) in [6, 6.07) is 6.30. The lowest BCUT2D eigenvalue weighted by Crippen LogP contribution is -2.34. The Labute approximate surface area is 144 Å². The molecule has 2 aromatic heterocycles. The minimum Gasteiger partial charge on any atom is -0.324 e. The molecule has 1 aliphatic heterocycles. The monoisotopic (exact) mass is 339 g/mol. The number of nitrogens with zero attached hydrogens (tertiary/aromatic N) is 3. The lowest BCUT2D eigenvalue weighted by Gasteiger charge is -2.21. The molecule has 128 valence electrons. The Morgan fingerprint density at radius 2 is 1.92 bits per heavy atom. The molecule has 1 fully saturated rings. The lowest BCUT2D eigenvalue weighted by molar-refractivity contribution is -0.120. The summed E-state index contributed by atoms with van der Waals surface area (Å²) < 4.78 is 0. The summed E-state index contributed by atoms with van der Waals surface area (Å²) in [5, 5.41) is 8.49. The number of nitroso groups, excluding NO2 is 1. The topological polar surface area (TPSA) is 113 Å². The number of hydrogen-bond acceptors (Lipinski definition) is 6. The molecule has 3 rings (SSSR count). The van der Waals surface area contributed by atoms with Crippen molar-refractivity contribution in [3.8, 4) is 11.4 Å². The van der Waals surface area contributed by atoms with Gasteiger partial charge >= 0.3 is 5.91 Å². The number of rotatable bonds is 4. The highest BCUT2D eigenvalue weighted by molar-refractivity contribution is 5.95. The molecule has 3 heterocycles. The molecule has 2 N–H and O–H groups in total. The van der Waals surface area contributed by atoms with Gasteiger partial charge in [-0.3, -0.25) is 19.6 Å². The second kappa shape index (κ2) is 7.71. The van der Waals surface area contributed by atoms with Crippen LogP contribution in [0.3, 0.4) is 0 Å². The molecule has 2 aromatic rings. The van der Waals surface area contributed by atoms with Crippen LogP contribution < -0.4 is 10.6 Å². The van der Waals surface area contributed by atoms with Gasteiger partial charge in [0.1, 0.15) is 0 Å². The number of amides is 2. The summed E-state index contributed by atoms with van der Waals surface area (Å²) in [6.07, 6.45) is 4.62. The van der Waals surface area contributed by atoms with Crippen LogP contribution in [0.5, 0.6) is 0 Å². The van der Waals surface area contributed by atoms with Crippen LogP contribution in [0.1, 0.15) is 23.2 Å². The zero-order valence-corrected chi connectivity index (χ0v) is 13.4. The Bertz CT molecular complexity index is 785. The van der Waals surface area contributed by atoms with Crippen molar-refractivity contribution >= 4 is 17.5 Å². The first kappa shape index (κ1) is 16.8. The zero-order chi connectivity index (χ0) is 17.6. The minimum absolute atomic E-state index is 0.00109. The highest BCUT2D eigenvalue weighted by atomic mass is 16.3. The molecule has 25 heavy (non-hydrogen) atoms. The van der Waals surface area contributed by atoms with Crippen LogP contribution in [0.2, 0.25) is 0 Å².